The van der Waals surface area contributed by atoms with Gasteiger partial charge in [-0.05, 0) is 35.9 Å². The number of anilines is 1. The van der Waals surface area contributed by atoms with E-state index >= 15 is 0 Å². The highest BCUT2D eigenvalue weighted by atomic mass is 32.2. The molecule has 13 heteroatoms. The molecule has 0 fully saturated rings. The van der Waals surface area contributed by atoms with Gasteiger partial charge in [0.25, 0.3) is 21.5 Å². The summed E-state index contributed by atoms with van der Waals surface area (Å²) in [4.78, 5) is 25.7. The molecule has 2 N–H and O–H groups in total. The minimum atomic E-state index is -4.26. The highest BCUT2D eigenvalue weighted by Gasteiger charge is 2.32. The van der Waals surface area contributed by atoms with Crippen molar-refractivity contribution in [2.75, 3.05) is 19.0 Å². The van der Waals surface area contributed by atoms with Crippen LogP contribution in [0, 0.1) is 5.92 Å². The van der Waals surface area contributed by atoms with E-state index in [2.05, 4.69) is 26.7 Å². The SMILES string of the molecule is C=COc1c(-c2cccs2)nn(CCC(C)C)c(=O)c1C1=NS(=O)(=O)c2cc(OCC(=O)NC)ccc2N1. The van der Waals surface area contributed by atoms with Crippen LogP contribution in [-0.4, -0.2) is 43.6 Å². The van der Waals surface area contributed by atoms with Gasteiger partial charge in [0.05, 0.1) is 16.8 Å². The Morgan fingerprint density at radius 3 is 2.76 bits per heavy atom. The Morgan fingerprint density at radius 2 is 2.11 bits per heavy atom. The molecule has 3 aromatic rings. The van der Waals surface area contributed by atoms with Crippen molar-refractivity contribution in [1.29, 1.82) is 0 Å². The van der Waals surface area contributed by atoms with Crippen molar-refractivity contribution in [3.63, 3.8) is 0 Å². The largest absolute Gasteiger partial charge is 0.484 e. The Balaban J connectivity index is 1.86. The number of nitrogens with one attached hydrogen (secondary N) is 2. The van der Waals surface area contributed by atoms with Crippen LogP contribution < -0.4 is 25.7 Å². The van der Waals surface area contributed by atoms with Crippen LogP contribution in [0.4, 0.5) is 5.69 Å². The maximum absolute atomic E-state index is 13.7. The molecule has 3 heterocycles. The lowest BCUT2D eigenvalue weighted by Gasteiger charge is -2.21. The van der Waals surface area contributed by atoms with Crippen molar-refractivity contribution in [3.8, 4) is 22.1 Å². The predicted octanol–water partition coefficient (Wildman–Crippen LogP) is 3.23. The number of nitrogens with zero attached hydrogens (tertiary/aromatic N) is 3. The van der Waals surface area contributed by atoms with Crippen molar-refractivity contribution in [1.82, 2.24) is 15.1 Å². The first-order valence-electron chi connectivity index (χ1n) is 11.7. The molecule has 0 unspecified atom stereocenters. The van der Waals surface area contributed by atoms with Crippen LogP contribution in [0.5, 0.6) is 11.5 Å². The van der Waals surface area contributed by atoms with E-state index in [9.17, 15) is 18.0 Å². The molecule has 1 aromatic carbocycles. The third kappa shape index (κ3) is 5.63. The Kier molecular flexibility index (Phi) is 7.97. The first kappa shape index (κ1) is 27.1. The van der Waals surface area contributed by atoms with Crippen molar-refractivity contribution < 1.29 is 22.7 Å². The molecule has 11 nitrogen and oxygen atoms in total. The smallest absolute Gasteiger partial charge is 0.286 e. The highest BCUT2D eigenvalue weighted by Crippen LogP contribution is 2.36. The number of rotatable bonds is 10. The summed E-state index contributed by atoms with van der Waals surface area (Å²) in [7, 11) is -2.80. The normalized spacial score (nSPS) is 13.7. The third-order valence-electron chi connectivity index (χ3n) is 5.57. The second kappa shape index (κ2) is 11.2. The zero-order valence-electron chi connectivity index (χ0n) is 21.1. The Bertz CT molecular complexity index is 1560. The number of hydrogen-bond acceptors (Lipinski definition) is 9. The fraction of sp³-hybridized carbons (Fsp3) is 0.280. The quantitative estimate of drug-likeness (QED) is 0.362. The minimum Gasteiger partial charge on any atom is -0.484 e. The van der Waals surface area contributed by atoms with Gasteiger partial charge in [-0.15, -0.1) is 15.7 Å². The lowest BCUT2D eigenvalue weighted by Crippen LogP contribution is -2.35. The number of ether oxygens (including phenoxy) is 2. The molecule has 1 amide bonds. The van der Waals surface area contributed by atoms with Gasteiger partial charge < -0.3 is 20.1 Å². The average Bonchev–Trinajstić information content (AvgIpc) is 3.41. The number of thiophene rings is 1. The van der Waals surface area contributed by atoms with E-state index in [4.69, 9.17) is 9.47 Å². The fourth-order valence-corrected chi connectivity index (χ4v) is 5.47. The summed E-state index contributed by atoms with van der Waals surface area (Å²) in [5, 5.41) is 11.8. The first-order chi connectivity index (χ1) is 18.1. The molecule has 0 radical (unpaired) electrons. The van der Waals surface area contributed by atoms with Crippen molar-refractivity contribution in [2.45, 2.75) is 31.7 Å². The van der Waals surface area contributed by atoms with Gasteiger partial charge in [0.1, 0.15) is 21.9 Å². The molecule has 200 valence electrons. The fourth-order valence-electron chi connectivity index (χ4n) is 3.63. The molecule has 38 heavy (non-hydrogen) atoms. The molecule has 1 aliphatic heterocycles. The number of carbonyl (C=O) groups excluding carboxylic acids is 1. The lowest BCUT2D eigenvalue weighted by molar-refractivity contribution is -0.122. The van der Waals surface area contributed by atoms with Crippen LogP contribution in [0.15, 0.2) is 62.6 Å². The van der Waals surface area contributed by atoms with E-state index in [1.165, 1.54) is 41.3 Å². The summed E-state index contributed by atoms with van der Waals surface area (Å²) >= 11 is 1.40. The molecule has 0 saturated heterocycles. The molecule has 2 aromatic heterocycles. The van der Waals surface area contributed by atoms with Crippen LogP contribution >= 0.6 is 11.3 Å². The summed E-state index contributed by atoms with van der Waals surface area (Å²) in [6, 6.07) is 7.93. The maximum Gasteiger partial charge on any atom is 0.286 e. The summed E-state index contributed by atoms with van der Waals surface area (Å²) in [5.74, 6) is -0.0436. The Hall–Kier alpha value is -3.97. The molecular weight excluding hydrogens is 530 g/mol. The third-order valence-corrected chi connectivity index (χ3v) is 7.76. The highest BCUT2D eigenvalue weighted by molar-refractivity contribution is 7.90. The lowest BCUT2D eigenvalue weighted by atomic mass is 10.1. The number of sulfonamides is 1. The van der Waals surface area contributed by atoms with Crippen molar-refractivity contribution in [2.24, 2.45) is 10.3 Å². The number of fused-ring (bicyclic) bond motifs is 1. The molecular formula is C25H27N5O6S2. The van der Waals surface area contributed by atoms with Crippen molar-refractivity contribution >= 4 is 38.8 Å². The number of aromatic nitrogens is 2. The molecule has 1 aliphatic rings. The number of hydrogen-bond donors (Lipinski definition) is 2. The molecule has 0 atom stereocenters. The topological polar surface area (TPSA) is 141 Å². The van der Waals surface area contributed by atoms with Gasteiger partial charge in [-0.2, -0.15) is 13.5 Å². The summed E-state index contributed by atoms with van der Waals surface area (Å²) in [6.45, 7) is 7.71. The summed E-state index contributed by atoms with van der Waals surface area (Å²) in [6.07, 6.45) is 1.83. The second-order valence-corrected chi connectivity index (χ2v) is 11.2. The van der Waals surface area contributed by atoms with Gasteiger partial charge in [-0.1, -0.05) is 26.5 Å². The Labute approximate surface area is 223 Å². The van der Waals surface area contributed by atoms with Crippen LogP contribution in [0.2, 0.25) is 0 Å². The van der Waals surface area contributed by atoms with Crippen LogP contribution in [0.25, 0.3) is 10.6 Å². The van der Waals surface area contributed by atoms with E-state index in [-0.39, 0.29) is 46.0 Å². The Morgan fingerprint density at radius 1 is 1.32 bits per heavy atom. The molecule has 0 spiro atoms. The van der Waals surface area contributed by atoms with Gasteiger partial charge in [-0.3, -0.25) is 9.59 Å². The minimum absolute atomic E-state index is 0.0451. The van der Waals surface area contributed by atoms with Crippen LogP contribution in [0.1, 0.15) is 25.8 Å². The van der Waals surface area contributed by atoms with Crippen LogP contribution in [0.3, 0.4) is 0 Å². The number of benzene rings is 1. The van der Waals surface area contributed by atoms with E-state index in [1.807, 2.05) is 31.4 Å². The molecule has 0 bridgehead atoms. The van der Waals surface area contributed by atoms with Gasteiger partial charge in [-0.25, -0.2) is 4.68 Å². The van der Waals surface area contributed by atoms with Gasteiger partial charge in [0.15, 0.2) is 18.2 Å². The molecule has 0 saturated carbocycles. The predicted molar refractivity (Wildman–Crippen MR) is 145 cm³/mol. The summed E-state index contributed by atoms with van der Waals surface area (Å²) < 4.78 is 42.8. The number of amidine groups is 1. The van der Waals surface area contributed by atoms with Crippen LogP contribution in [-0.2, 0) is 21.4 Å². The number of aryl methyl sites for hydroxylation is 1. The van der Waals surface area contributed by atoms with Crippen molar-refractivity contribution in [3.05, 3.63) is 64.5 Å². The average molecular weight is 558 g/mol. The monoisotopic (exact) mass is 557 g/mol. The number of amides is 1. The van der Waals surface area contributed by atoms with E-state index in [1.54, 1.807) is 0 Å². The van der Waals surface area contributed by atoms with Gasteiger partial charge in [0.2, 0.25) is 0 Å². The van der Waals surface area contributed by atoms with E-state index in [0.29, 0.717) is 24.6 Å². The van der Waals surface area contributed by atoms with E-state index in [0.717, 1.165) is 11.1 Å². The van der Waals surface area contributed by atoms with E-state index < -0.39 is 15.6 Å². The van der Waals surface area contributed by atoms with Gasteiger partial charge >= 0.3 is 0 Å². The molecule has 4 rings (SSSR count). The zero-order valence-corrected chi connectivity index (χ0v) is 22.7. The maximum atomic E-state index is 13.7. The molecule has 0 aliphatic carbocycles. The standard InChI is InChI=1S/C25H27N5O6S2/c1-5-35-23-21(25(32)30(11-10-15(2)3)28-22(23)18-7-6-12-37-18)24-27-17-9-8-16(36-14-20(31)26-4)13-19(17)38(33,34)29-24/h5-9,12-13,15H,1,10-11,14H2,2-4H3,(H,26,31)(H,27,29). The zero-order chi connectivity index (χ0) is 27.4. The second-order valence-electron chi connectivity index (χ2n) is 8.69. The van der Waals surface area contributed by atoms with Gasteiger partial charge in [0, 0.05) is 19.7 Å². The number of carbonyl (C=O) groups is 1. The summed E-state index contributed by atoms with van der Waals surface area (Å²) in [5.41, 5.74) is -0.0853. The first-order valence-corrected chi connectivity index (χ1v) is 14.0. The number of likely N-dealkylation sites (N-methyl/N-ethyl adjacent to an activating group) is 1.